The number of fused-ring (bicyclic) bond motifs is 3. The fraction of sp³-hybridized carbons (Fsp3) is 0.444. The molecule has 0 radical (unpaired) electrons. The Morgan fingerprint density at radius 2 is 1.62 bits per heavy atom. The third-order valence-corrected chi connectivity index (χ3v) is 7.21. The number of alkyl carbamates (subject to hydrolysis) is 1. The molecule has 7 heteroatoms. The number of carboxylic acid groups (broad SMARTS) is 1. The second-order valence-corrected chi connectivity index (χ2v) is 9.50. The number of rotatable bonds is 7. The number of carboxylic acids is 1. The van der Waals surface area contributed by atoms with Crippen LogP contribution in [-0.2, 0) is 14.3 Å². The van der Waals surface area contributed by atoms with Crippen molar-refractivity contribution >= 4 is 18.0 Å². The van der Waals surface area contributed by atoms with Crippen molar-refractivity contribution in [2.75, 3.05) is 19.7 Å². The molecule has 1 saturated heterocycles. The van der Waals surface area contributed by atoms with Crippen LogP contribution in [0.4, 0.5) is 4.79 Å². The van der Waals surface area contributed by atoms with Gasteiger partial charge in [-0.2, -0.15) is 0 Å². The highest BCUT2D eigenvalue weighted by atomic mass is 16.5. The molecule has 7 nitrogen and oxygen atoms in total. The minimum atomic E-state index is -0.832. The van der Waals surface area contributed by atoms with Gasteiger partial charge in [0.15, 0.2) is 0 Å². The zero-order valence-corrected chi connectivity index (χ0v) is 19.8. The van der Waals surface area contributed by atoms with Gasteiger partial charge >= 0.3 is 12.1 Å². The summed E-state index contributed by atoms with van der Waals surface area (Å²) in [5, 5.41) is 12.2. The molecule has 0 aromatic heterocycles. The van der Waals surface area contributed by atoms with Crippen LogP contribution in [0.2, 0.25) is 0 Å². The number of nitrogens with zero attached hydrogens (tertiary/aromatic N) is 1. The van der Waals surface area contributed by atoms with Gasteiger partial charge in [-0.3, -0.25) is 9.59 Å². The van der Waals surface area contributed by atoms with Gasteiger partial charge in [0, 0.05) is 19.0 Å². The summed E-state index contributed by atoms with van der Waals surface area (Å²) in [4.78, 5) is 39.0. The van der Waals surface area contributed by atoms with E-state index in [2.05, 4.69) is 29.6 Å². The quantitative estimate of drug-likeness (QED) is 0.633. The van der Waals surface area contributed by atoms with E-state index in [4.69, 9.17) is 4.74 Å². The van der Waals surface area contributed by atoms with E-state index in [-0.39, 0.29) is 18.4 Å². The topological polar surface area (TPSA) is 95.9 Å². The van der Waals surface area contributed by atoms with Crippen LogP contribution >= 0.6 is 0 Å². The van der Waals surface area contributed by atoms with Crippen LogP contribution in [0.25, 0.3) is 11.1 Å². The Kier molecular flexibility index (Phi) is 6.91. The van der Waals surface area contributed by atoms with E-state index in [0.29, 0.717) is 32.4 Å². The van der Waals surface area contributed by atoms with Gasteiger partial charge in [0.2, 0.25) is 5.91 Å². The van der Waals surface area contributed by atoms with Crippen LogP contribution in [-0.4, -0.2) is 53.7 Å². The first kappa shape index (κ1) is 23.8. The monoisotopic (exact) mass is 464 g/mol. The van der Waals surface area contributed by atoms with E-state index < -0.39 is 23.5 Å². The predicted molar refractivity (Wildman–Crippen MR) is 128 cm³/mol. The highest BCUT2D eigenvalue weighted by molar-refractivity contribution is 5.86. The van der Waals surface area contributed by atoms with Crippen molar-refractivity contribution in [3.8, 4) is 11.1 Å². The first-order valence-corrected chi connectivity index (χ1v) is 12.0. The first-order valence-electron chi connectivity index (χ1n) is 12.0. The number of nitrogens with one attached hydrogen (secondary N) is 1. The Balaban J connectivity index is 1.38. The second-order valence-electron chi connectivity index (χ2n) is 9.50. The zero-order chi connectivity index (χ0) is 24.3. The molecule has 0 saturated carbocycles. The molecule has 2 N–H and O–H groups in total. The number of carbonyl (C=O) groups excluding carboxylic acids is 2. The van der Waals surface area contributed by atoms with Gasteiger partial charge in [0.05, 0.1) is 5.41 Å². The molecule has 4 rings (SSSR count). The molecular formula is C27H32N2O5. The summed E-state index contributed by atoms with van der Waals surface area (Å²) in [6, 6.07) is 15.6. The summed E-state index contributed by atoms with van der Waals surface area (Å²) in [6.07, 6.45) is 1.41. The Bertz CT molecular complexity index is 1030. The Hall–Kier alpha value is -3.35. The van der Waals surface area contributed by atoms with E-state index in [1.165, 1.54) is 0 Å². The van der Waals surface area contributed by atoms with E-state index in [1.807, 2.05) is 31.2 Å². The molecule has 1 aliphatic heterocycles. The van der Waals surface area contributed by atoms with Crippen molar-refractivity contribution in [1.82, 2.24) is 10.2 Å². The van der Waals surface area contributed by atoms with E-state index >= 15 is 0 Å². The predicted octanol–water partition coefficient (Wildman–Crippen LogP) is 4.41. The molecule has 2 aromatic carbocycles. The lowest BCUT2D eigenvalue weighted by atomic mass is 9.80. The molecule has 2 aliphatic rings. The maximum absolute atomic E-state index is 13.1. The van der Waals surface area contributed by atoms with Crippen LogP contribution < -0.4 is 5.32 Å². The van der Waals surface area contributed by atoms with E-state index in [1.54, 1.807) is 11.8 Å². The number of likely N-dealkylation sites (tertiary alicyclic amines) is 1. The van der Waals surface area contributed by atoms with Gasteiger partial charge < -0.3 is 20.1 Å². The lowest BCUT2D eigenvalue weighted by molar-refractivity contribution is -0.153. The summed E-state index contributed by atoms with van der Waals surface area (Å²) in [5.41, 5.74) is 3.77. The lowest BCUT2D eigenvalue weighted by Crippen LogP contribution is -2.52. The molecule has 1 atom stereocenters. The van der Waals surface area contributed by atoms with Crippen LogP contribution in [0.1, 0.15) is 56.6 Å². The van der Waals surface area contributed by atoms with Crippen LogP contribution in [0.15, 0.2) is 48.5 Å². The molecule has 1 heterocycles. The largest absolute Gasteiger partial charge is 0.481 e. The molecule has 34 heavy (non-hydrogen) atoms. The maximum atomic E-state index is 13.1. The number of amides is 2. The number of carbonyl (C=O) groups is 3. The summed E-state index contributed by atoms with van der Waals surface area (Å²) in [5.74, 6) is -1.06. The Morgan fingerprint density at radius 3 is 2.15 bits per heavy atom. The molecule has 1 aliphatic carbocycles. The smallest absolute Gasteiger partial charge is 0.407 e. The average molecular weight is 465 g/mol. The van der Waals surface area contributed by atoms with Crippen LogP contribution in [0.5, 0.6) is 0 Å². The Labute approximate surface area is 200 Å². The van der Waals surface area contributed by atoms with Crippen molar-refractivity contribution in [2.45, 2.75) is 51.5 Å². The highest BCUT2D eigenvalue weighted by Gasteiger charge is 2.39. The van der Waals surface area contributed by atoms with Gasteiger partial charge in [-0.25, -0.2) is 4.79 Å². The number of aliphatic carboxylic acids is 1. The zero-order valence-electron chi connectivity index (χ0n) is 19.8. The highest BCUT2D eigenvalue weighted by Crippen LogP contribution is 2.44. The number of ether oxygens (including phenoxy) is 1. The number of hydrogen-bond acceptors (Lipinski definition) is 4. The average Bonchev–Trinajstić information content (AvgIpc) is 3.16. The standard InChI is InChI=1S/C27H32N2O5/c1-3-8-23(24(30)29-15-13-27(2,14-16-29)25(31)32)28-26(33)34-17-22-20-11-6-4-9-18(20)19-10-5-7-12-21(19)22/h4-7,9-12,22-23H,3,8,13-17H2,1-2H3,(H,28,33)(H,31,32)/t23-/m1/s1. The number of hydrogen-bond donors (Lipinski definition) is 2. The molecule has 0 bridgehead atoms. The van der Waals surface area contributed by atoms with Gasteiger partial charge in [0.1, 0.15) is 12.6 Å². The van der Waals surface area contributed by atoms with Crippen molar-refractivity contribution in [2.24, 2.45) is 5.41 Å². The van der Waals surface area contributed by atoms with Crippen molar-refractivity contribution in [3.63, 3.8) is 0 Å². The minimum absolute atomic E-state index is 0.0470. The summed E-state index contributed by atoms with van der Waals surface area (Å²) >= 11 is 0. The molecule has 0 spiro atoms. The Morgan fingerprint density at radius 1 is 1.06 bits per heavy atom. The lowest BCUT2D eigenvalue weighted by Gasteiger charge is -2.38. The SMILES string of the molecule is CCC[C@@H](NC(=O)OCC1c2ccccc2-c2ccccc21)C(=O)N1CCC(C)(C(=O)O)CC1. The number of benzene rings is 2. The van der Waals surface area contributed by atoms with Gasteiger partial charge in [-0.15, -0.1) is 0 Å². The normalized spacial score (nSPS) is 17.4. The molecule has 1 fully saturated rings. The van der Waals surface area contributed by atoms with Gasteiger partial charge in [0.25, 0.3) is 0 Å². The van der Waals surface area contributed by atoms with Crippen molar-refractivity contribution in [1.29, 1.82) is 0 Å². The van der Waals surface area contributed by atoms with Crippen molar-refractivity contribution in [3.05, 3.63) is 59.7 Å². The van der Waals surface area contributed by atoms with Crippen LogP contribution in [0, 0.1) is 5.41 Å². The molecule has 180 valence electrons. The van der Waals surface area contributed by atoms with E-state index in [0.717, 1.165) is 28.7 Å². The van der Waals surface area contributed by atoms with Gasteiger partial charge in [-0.05, 0) is 48.4 Å². The van der Waals surface area contributed by atoms with Gasteiger partial charge in [-0.1, -0.05) is 61.9 Å². The second kappa shape index (κ2) is 9.87. The summed E-state index contributed by atoms with van der Waals surface area (Å²) < 4.78 is 5.62. The maximum Gasteiger partial charge on any atom is 0.407 e. The van der Waals surface area contributed by atoms with Crippen molar-refractivity contribution < 1.29 is 24.2 Å². The fourth-order valence-electron chi connectivity index (χ4n) is 4.98. The van der Waals surface area contributed by atoms with Crippen LogP contribution in [0.3, 0.4) is 0 Å². The fourth-order valence-corrected chi connectivity index (χ4v) is 4.98. The third kappa shape index (κ3) is 4.65. The molecule has 0 unspecified atom stereocenters. The summed E-state index contributed by atoms with van der Waals surface area (Å²) in [6.45, 7) is 4.60. The molecule has 2 amide bonds. The number of piperidine rings is 1. The van der Waals surface area contributed by atoms with E-state index in [9.17, 15) is 19.5 Å². The first-order chi connectivity index (χ1) is 16.3. The third-order valence-electron chi connectivity index (χ3n) is 7.21. The molecule has 2 aromatic rings. The summed E-state index contributed by atoms with van der Waals surface area (Å²) in [7, 11) is 0. The minimum Gasteiger partial charge on any atom is -0.481 e. The molecular weight excluding hydrogens is 432 g/mol.